The van der Waals surface area contributed by atoms with Gasteiger partial charge in [-0.3, -0.25) is 14.9 Å². The van der Waals surface area contributed by atoms with Crippen molar-refractivity contribution in [3.63, 3.8) is 0 Å². The molecule has 0 aliphatic rings. The van der Waals surface area contributed by atoms with E-state index >= 15 is 0 Å². The Labute approximate surface area is 122 Å². The number of nitrogens with zero attached hydrogens (tertiary/aromatic N) is 2. The van der Waals surface area contributed by atoms with E-state index in [1.54, 1.807) is 12.1 Å². The number of hydrogen-bond donors (Lipinski definition) is 1. The standard InChI is InChI=1S/C12H8ClN3O3S/c13-8-5-6-14-10(7-8)15-11(17)3-1-9-2-4-12(20-9)16(18)19/h1-7H,(H,14,15,17)/b3-1+. The second-order valence-electron chi connectivity index (χ2n) is 3.61. The minimum absolute atomic E-state index is 0.0292. The number of halogens is 1. The fourth-order valence-corrected chi connectivity index (χ4v) is 2.21. The summed E-state index contributed by atoms with van der Waals surface area (Å²) in [5.41, 5.74) is 0. The van der Waals surface area contributed by atoms with Gasteiger partial charge in [-0.1, -0.05) is 22.9 Å². The van der Waals surface area contributed by atoms with E-state index in [9.17, 15) is 14.9 Å². The summed E-state index contributed by atoms with van der Waals surface area (Å²) in [6, 6.07) is 6.08. The zero-order valence-corrected chi connectivity index (χ0v) is 11.5. The van der Waals surface area contributed by atoms with Crippen molar-refractivity contribution in [2.24, 2.45) is 0 Å². The number of carbonyl (C=O) groups is 1. The SMILES string of the molecule is O=C(/C=C/c1ccc([N+](=O)[O-])s1)Nc1cc(Cl)ccn1. The summed E-state index contributed by atoms with van der Waals surface area (Å²) in [6.07, 6.45) is 4.25. The van der Waals surface area contributed by atoms with Crippen molar-refractivity contribution in [1.29, 1.82) is 0 Å². The number of amides is 1. The van der Waals surface area contributed by atoms with Crippen LogP contribution in [0.4, 0.5) is 10.8 Å². The van der Waals surface area contributed by atoms with Gasteiger partial charge >= 0.3 is 5.00 Å². The van der Waals surface area contributed by atoms with Crippen LogP contribution in [0.15, 0.2) is 36.5 Å². The van der Waals surface area contributed by atoms with E-state index in [-0.39, 0.29) is 5.00 Å². The smallest absolute Gasteiger partial charge is 0.307 e. The van der Waals surface area contributed by atoms with Crippen molar-refractivity contribution in [3.8, 4) is 0 Å². The largest absolute Gasteiger partial charge is 0.324 e. The third-order valence-corrected chi connectivity index (χ3v) is 3.40. The number of rotatable bonds is 4. The highest BCUT2D eigenvalue weighted by Crippen LogP contribution is 2.24. The summed E-state index contributed by atoms with van der Waals surface area (Å²) >= 11 is 6.75. The molecule has 0 saturated heterocycles. The fourth-order valence-electron chi connectivity index (χ4n) is 1.33. The highest BCUT2D eigenvalue weighted by molar-refractivity contribution is 7.16. The molecule has 0 radical (unpaired) electrons. The Morgan fingerprint density at radius 3 is 2.90 bits per heavy atom. The lowest BCUT2D eigenvalue weighted by atomic mass is 10.4. The summed E-state index contributed by atoms with van der Waals surface area (Å²) in [7, 11) is 0. The Balaban J connectivity index is 2.00. The lowest BCUT2D eigenvalue weighted by Gasteiger charge is -2.00. The lowest BCUT2D eigenvalue weighted by molar-refractivity contribution is -0.380. The van der Waals surface area contributed by atoms with Crippen molar-refractivity contribution in [2.45, 2.75) is 0 Å². The van der Waals surface area contributed by atoms with Crippen molar-refractivity contribution >= 4 is 45.7 Å². The molecule has 0 unspecified atom stereocenters. The second kappa shape index (κ2) is 6.27. The van der Waals surface area contributed by atoms with E-state index in [1.165, 1.54) is 30.5 Å². The van der Waals surface area contributed by atoms with Gasteiger partial charge < -0.3 is 5.32 Å². The maximum atomic E-state index is 11.6. The number of anilines is 1. The van der Waals surface area contributed by atoms with Crippen LogP contribution in [0.1, 0.15) is 4.88 Å². The molecule has 0 spiro atoms. The van der Waals surface area contributed by atoms with Crippen molar-refractivity contribution in [3.05, 3.63) is 56.6 Å². The maximum absolute atomic E-state index is 11.6. The Bertz CT molecular complexity index is 684. The highest BCUT2D eigenvalue weighted by Gasteiger charge is 2.08. The van der Waals surface area contributed by atoms with Crippen molar-refractivity contribution in [2.75, 3.05) is 5.32 Å². The van der Waals surface area contributed by atoms with E-state index < -0.39 is 10.8 Å². The zero-order chi connectivity index (χ0) is 14.5. The van der Waals surface area contributed by atoms with Crippen LogP contribution in [0.25, 0.3) is 6.08 Å². The molecule has 0 aliphatic carbocycles. The van der Waals surface area contributed by atoms with E-state index in [4.69, 9.17) is 11.6 Å². The number of thiophene rings is 1. The number of nitrogens with one attached hydrogen (secondary N) is 1. The minimum atomic E-state index is -0.474. The van der Waals surface area contributed by atoms with Gasteiger partial charge in [0.15, 0.2) is 0 Å². The van der Waals surface area contributed by atoms with Crippen LogP contribution in [0.3, 0.4) is 0 Å². The first kappa shape index (κ1) is 14.2. The molecule has 2 rings (SSSR count). The van der Waals surface area contributed by atoms with Gasteiger partial charge in [0.25, 0.3) is 0 Å². The molecule has 20 heavy (non-hydrogen) atoms. The van der Waals surface area contributed by atoms with E-state index in [0.717, 1.165) is 11.3 Å². The van der Waals surface area contributed by atoms with Crippen molar-refractivity contribution < 1.29 is 9.72 Å². The lowest BCUT2D eigenvalue weighted by Crippen LogP contribution is -2.08. The molecule has 0 bridgehead atoms. The van der Waals surface area contributed by atoms with E-state index in [0.29, 0.717) is 15.7 Å². The summed E-state index contributed by atoms with van der Waals surface area (Å²) in [6.45, 7) is 0. The second-order valence-corrected chi connectivity index (χ2v) is 5.15. The number of aromatic nitrogens is 1. The third kappa shape index (κ3) is 3.87. The van der Waals surface area contributed by atoms with Crippen molar-refractivity contribution in [1.82, 2.24) is 4.98 Å². The van der Waals surface area contributed by atoms with E-state index in [1.807, 2.05) is 0 Å². The summed E-state index contributed by atoms with van der Waals surface area (Å²) in [5.74, 6) is -0.0554. The number of pyridine rings is 1. The maximum Gasteiger partial charge on any atom is 0.324 e. The van der Waals surface area contributed by atoms with Gasteiger partial charge in [0.05, 0.1) is 4.92 Å². The molecular formula is C12H8ClN3O3S. The van der Waals surface area contributed by atoms with Crippen LogP contribution in [0.5, 0.6) is 0 Å². The molecular weight excluding hydrogens is 302 g/mol. The van der Waals surface area contributed by atoms with Crippen LogP contribution in [0.2, 0.25) is 5.02 Å². The predicted octanol–water partition coefficient (Wildman–Crippen LogP) is 3.36. The molecule has 0 saturated carbocycles. The van der Waals surface area contributed by atoms with Crippen LogP contribution >= 0.6 is 22.9 Å². The molecule has 102 valence electrons. The molecule has 0 aromatic carbocycles. The number of carbonyl (C=O) groups excluding carboxylic acids is 1. The number of nitro groups is 1. The van der Waals surface area contributed by atoms with Crippen LogP contribution in [-0.4, -0.2) is 15.8 Å². The average molecular weight is 310 g/mol. The monoisotopic (exact) mass is 309 g/mol. The molecule has 2 heterocycles. The molecule has 1 N–H and O–H groups in total. The van der Waals surface area contributed by atoms with Crippen LogP contribution < -0.4 is 5.32 Å². The number of hydrogen-bond acceptors (Lipinski definition) is 5. The molecule has 1 amide bonds. The third-order valence-electron chi connectivity index (χ3n) is 2.16. The average Bonchev–Trinajstić information content (AvgIpc) is 2.85. The molecule has 0 aliphatic heterocycles. The summed E-state index contributed by atoms with van der Waals surface area (Å²) in [4.78, 5) is 26.2. The normalized spacial score (nSPS) is 10.7. The topological polar surface area (TPSA) is 85.1 Å². The van der Waals surface area contributed by atoms with E-state index in [2.05, 4.69) is 10.3 Å². The molecule has 8 heteroatoms. The molecule has 6 nitrogen and oxygen atoms in total. The Hall–Kier alpha value is -2.25. The molecule has 2 aromatic heterocycles. The predicted molar refractivity (Wildman–Crippen MR) is 77.9 cm³/mol. The first-order valence-electron chi connectivity index (χ1n) is 5.39. The van der Waals surface area contributed by atoms with Gasteiger partial charge in [-0.25, -0.2) is 4.98 Å². The van der Waals surface area contributed by atoms with Gasteiger partial charge in [0, 0.05) is 28.2 Å². The minimum Gasteiger partial charge on any atom is -0.307 e. The first-order valence-corrected chi connectivity index (χ1v) is 6.59. The molecule has 0 atom stereocenters. The Kier molecular flexibility index (Phi) is 4.44. The zero-order valence-electron chi connectivity index (χ0n) is 9.95. The Morgan fingerprint density at radius 2 is 2.25 bits per heavy atom. The fraction of sp³-hybridized carbons (Fsp3) is 0. The van der Waals surface area contributed by atoms with Gasteiger partial charge in [-0.05, 0) is 24.3 Å². The van der Waals surface area contributed by atoms with Crippen LogP contribution in [-0.2, 0) is 4.79 Å². The van der Waals surface area contributed by atoms with Crippen LogP contribution in [0, 0.1) is 10.1 Å². The molecule has 2 aromatic rings. The van der Waals surface area contributed by atoms with Gasteiger partial charge in [-0.15, -0.1) is 0 Å². The first-order chi connectivity index (χ1) is 9.54. The summed E-state index contributed by atoms with van der Waals surface area (Å²) < 4.78 is 0. The van der Waals surface area contributed by atoms with Gasteiger partial charge in [-0.2, -0.15) is 0 Å². The van der Waals surface area contributed by atoms with Gasteiger partial charge in [0.1, 0.15) is 5.82 Å². The Morgan fingerprint density at radius 1 is 1.45 bits per heavy atom. The quantitative estimate of drug-likeness (QED) is 0.533. The molecule has 0 fully saturated rings. The van der Waals surface area contributed by atoms with Gasteiger partial charge in [0.2, 0.25) is 5.91 Å². The summed E-state index contributed by atoms with van der Waals surface area (Å²) in [5, 5.41) is 13.5. The highest BCUT2D eigenvalue weighted by atomic mass is 35.5.